The maximum Gasteiger partial charge on any atom is 0.420 e. The third-order valence-electron chi connectivity index (χ3n) is 6.09. The number of likely N-dealkylation sites (tertiary alicyclic amines) is 1. The Labute approximate surface area is 190 Å². The molecule has 182 valence electrons. The molecule has 2 atom stereocenters. The van der Waals surface area contributed by atoms with Crippen molar-refractivity contribution < 1.29 is 31.9 Å². The van der Waals surface area contributed by atoms with Crippen LogP contribution in [0.5, 0.6) is 0 Å². The molecule has 1 heterocycles. The lowest BCUT2D eigenvalue weighted by Crippen LogP contribution is -2.62. The molecule has 0 radical (unpaired) electrons. The molecule has 32 heavy (non-hydrogen) atoms. The molecule has 0 aromatic heterocycles. The van der Waals surface area contributed by atoms with Crippen LogP contribution >= 0.6 is 0 Å². The average molecular weight is 476 g/mol. The molecule has 9 heteroatoms. The zero-order chi connectivity index (χ0) is 24.2. The molecule has 1 aliphatic rings. The summed E-state index contributed by atoms with van der Waals surface area (Å²) in [6.45, 7) is 9.79. The van der Waals surface area contributed by atoms with E-state index in [4.69, 9.17) is 13.9 Å². The van der Waals surface area contributed by atoms with Crippen LogP contribution in [-0.4, -0.2) is 55.9 Å². The molecule has 1 aromatic carbocycles. The molecule has 2 unspecified atom stereocenters. The van der Waals surface area contributed by atoms with E-state index in [-0.39, 0.29) is 13.2 Å². The van der Waals surface area contributed by atoms with Crippen LogP contribution < -0.4 is 0 Å². The number of halogens is 3. The Morgan fingerprint density at radius 3 is 2.12 bits per heavy atom. The van der Waals surface area contributed by atoms with Crippen LogP contribution in [0, 0.1) is 0 Å². The van der Waals surface area contributed by atoms with Crippen molar-refractivity contribution in [3.8, 4) is 0 Å². The summed E-state index contributed by atoms with van der Waals surface area (Å²) < 4.78 is 61.6. The number of amides is 1. The van der Waals surface area contributed by atoms with Gasteiger partial charge in [0.25, 0.3) is 0 Å². The number of nitrogens with zero attached hydrogens (tertiary/aromatic N) is 1. The smallest absolute Gasteiger partial charge is 0.420 e. The van der Waals surface area contributed by atoms with Crippen LogP contribution in [0.25, 0.3) is 0 Å². The molecule has 1 aliphatic heterocycles. The van der Waals surface area contributed by atoms with E-state index >= 15 is 0 Å². The summed E-state index contributed by atoms with van der Waals surface area (Å²) >= 11 is 0. The van der Waals surface area contributed by atoms with E-state index in [9.17, 15) is 18.0 Å². The highest BCUT2D eigenvalue weighted by Crippen LogP contribution is 2.46. The predicted molar refractivity (Wildman–Crippen MR) is 120 cm³/mol. The number of hydrogen-bond acceptors (Lipinski definition) is 4. The first-order valence-electron chi connectivity index (χ1n) is 11.2. The van der Waals surface area contributed by atoms with Gasteiger partial charge in [-0.3, -0.25) is 0 Å². The number of hydrogen-bond donors (Lipinski definition) is 0. The highest BCUT2D eigenvalue weighted by Gasteiger charge is 2.68. The second kappa shape index (κ2) is 10.1. The fraction of sp³-hybridized carbons (Fsp3) is 0.696. The molecular weight excluding hydrogens is 439 g/mol. The maximum atomic E-state index is 14.7. The number of benzene rings is 1. The highest BCUT2D eigenvalue weighted by atomic mass is 28.4. The van der Waals surface area contributed by atoms with Crippen molar-refractivity contribution in [1.29, 1.82) is 0 Å². The summed E-state index contributed by atoms with van der Waals surface area (Å²) in [5, 5.41) is 0. The van der Waals surface area contributed by atoms with Crippen molar-refractivity contribution in [2.75, 3.05) is 13.1 Å². The van der Waals surface area contributed by atoms with Crippen LogP contribution in [0.2, 0.25) is 18.1 Å². The van der Waals surface area contributed by atoms with Gasteiger partial charge in [0.2, 0.25) is 0 Å². The van der Waals surface area contributed by atoms with E-state index in [0.29, 0.717) is 18.1 Å². The monoisotopic (exact) mass is 475 g/mol. The zero-order valence-electron chi connectivity index (χ0n) is 19.9. The van der Waals surface area contributed by atoms with Crippen LogP contribution in [0.15, 0.2) is 30.3 Å². The van der Waals surface area contributed by atoms with Crippen molar-refractivity contribution in [2.24, 2.45) is 0 Å². The summed E-state index contributed by atoms with van der Waals surface area (Å²) in [6.07, 6.45) is -6.87. The average Bonchev–Trinajstić information content (AvgIpc) is 3.10. The van der Waals surface area contributed by atoms with Gasteiger partial charge in [-0.05, 0) is 44.5 Å². The molecule has 5 nitrogen and oxygen atoms in total. The summed E-state index contributed by atoms with van der Waals surface area (Å²) in [6, 6.07) is 10.7. The van der Waals surface area contributed by atoms with E-state index in [1.54, 1.807) is 45.0 Å². The minimum Gasteiger partial charge on any atom is -0.444 e. The van der Waals surface area contributed by atoms with Crippen molar-refractivity contribution in [1.82, 2.24) is 4.90 Å². The van der Waals surface area contributed by atoms with Gasteiger partial charge in [0.1, 0.15) is 11.7 Å². The first-order chi connectivity index (χ1) is 14.8. The molecule has 1 amide bonds. The third kappa shape index (κ3) is 6.05. The summed E-state index contributed by atoms with van der Waals surface area (Å²) in [5.41, 5.74) is -2.66. The van der Waals surface area contributed by atoms with Gasteiger partial charge in [-0.25, -0.2) is 4.79 Å². The second-order valence-corrected chi connectivity index (χ2v) is 14.1. The predicted octanol–water partition coefficient (Wildman–Crippen LogP) is 6.15. The fourth-order valence-electron chi connectivity index (χ4n) is 4.00. The Balaban J connectivity index is 2.43. The van der Waals surface area contributed by atoms with E-state index in [0.717, 1.165) is 10.5 Å². The SMILES string of the molecule is CC[Si](CC)(CC)OC1(C(F)(F)F)CN(C(=O)OC(C)(C)C)CC1OCc1ccccc1. The molecule has 2 rings (SSSR count). The van der Waals surface area contributed by atoms with E-state index in [2.05, 4.69) is 0 Å². The lowest BCUT2D eigenvalue weighted by molar-refractivity contribution is -0.276. The molecule has 0 N–H and O–H groups in total. The molecule has 0 bridgehead atoms. The van der Waals surface area contributed by atoms with Gasteiger partial charge in [0.15, 0.2) is 13.9 Å². The van der Waals surface area contributed by atoms with E-state index in [1.807, 2.05) is 26.8 Å². The number of rotatable bonds is 8. The minimum atomic E-state index is -4.72. The van der Waals surface area contributed by atoms with Gasteiger partial charge < -0.3 is 18.8 Å². The van der Waals surface area contributed by atoms with Crippen LogP contribution in [0.4, 0.5) is 18.0 Å². The lowest BCUT2D eigenvalue weighted by Gasteiger charge is -2.43. The molecular formula is C23H36F3NO4Si. The number of ether oxygens (including phenoxy) is 2. The normalized spacial score (nSPS) is 22.3. The fourth-order valence-corrected chi connectivity index (χ4v) is 7.02. The van der Waals surface area contributed by atoms with Crippen LogP contribution in [0.1, 0.15) is 47.1 Å². The van der Waals surface area contributed by atoms with Crippen LogP contribution in [-0.2, 0) is 20.5 Å². The molecule has 1 aromatic rings. The Hall–Kier alpha value is -1.58. The lowest BCUT2D eigenvalue weighted by atomic mass is 9.99. The third-order valence-corrected chi connectivity index (χ3v) is 10.8. The Morgan fingerprint density at radius 1 is 1.09 bits per heavy atom. The van der Waals surface area contributed by atoms with Crippen molar-refractivity contribution in [2.45, 2.75) is 89.8 Å². The number of carbonyl (C=O) groups is 1. The van der Waals surface area contributed by atoms with Crippen LogP contribution in [0.3, 0.4) is 0 Å². The zero-order valence-corrected chi connectivity index (χ0v) is 20.9. The van der Waals surface area contributed by atoms with Gasteiger partial charge in [0.05, 0.1) is 19.7 Å². The Bertz CT molecular complexity index is 742. The maximum absolute atomic E-state index is 14.7. The molecule has 0 spiro atoms. The minimum absolute atomic E-state index is 0.00617. The summed E-state index contributed by atoms with van der Waals surface area (Å²) in [5.74, 6) is 0. The largest absolute Gasteiger partial charge is 0.444 e. The van der Waals surface area contributed by atoms with Gasteiger partial charge in [0, 0.05) is 0 Å². The molecule has 1 saturated heterocycles. The Morgan fingerprint density at radius 2 is 1.66 bits per heavy atom. The van der Waals surface area contributed by atoms with Gasteiger partial charge in [-0.1, -0.05) is 51.1 Å². The topological polar surface area (TPSA) is 48.0 Å². The van der Waals surface area contributed by atoms with Gasteiger partial charge in [-0.2, -0.15) is 13.2 Å². The van der Waals surface area contributed by atoms with Crippen molar-refractivity contribution in [3.05, 3.63) is 35.9 Å². The van der Waals surface area contributed by atoms with Gasteiger partial charge in [-0.15, -0.1) is 0 Å². The first-order valence-corrected chi connectivity index (χ1v) is 13.7. The van der Waals surface area contributed by atoms with Crippen molar-refractivity contribution in [3.63, 3.8) is 0 Å². The van der Waals surface area contributed by atoms with Gasteiger partial charge >= 0.3 is 12.3 Å². The van der Waals surface area contributed by atoms with E-state index in [1.165, 1.54) is 0 Å². The van der Waals surface area contributed by atoms with E-state index < -0.39 is 44.4 Å². The van der Waals surface area contributed by atoms with Crippen molar-refractivity contribution >= 4 is 14.4 Å². The summed E-state index contributed by atoms with van der Waals surface area (Å²) in [4.78, 5) is 13.8. The molecule has 0 aliphatic carbocycles. The number of alkyl halides is 3. The first kappa shape index (κ1) is 26.7. The summed E-state index contributed by atoms with van der Waals surface area (Å²) in [7, 11) is -2.70. The molecule has 1 fully saturated rings. The standard InChI is InChI=1S/C23H36F3NO4Si/c1-7-32(8-2,9-3)31-22(23(24,25)26)17-27(20(28)30-21(4,5)6)15-19(22)29-16-18-13-11-10-12-14-18/h10-14,19H,7-9,15-17H2,1-6H3. The number of carbonyl (C=O) groups excluding carboxylic acids is 1. The quantitative estimate of drug-likeness (QED) is 0.424. The highest BCUT2D eigenvalue weighted by molar-refractivity contribution is 6.73. The molecule has 0 saturated carbocycles. The Kier molecular flexibility index (Phi) is 8.44. The second-order valence-electron chi connectivity index (χ2n) is 9.38.